The molecule has 2 amide bonds. The van der Waals surface area contributed by atoms with Crippen LogP contribution in [-0.4, -0.2) is 48.0 Å². The average Bonchev–Trinajstić information content (AvgIpc) is 2.46. The summed E-state index contributed by atoms with van der Waals surface area (Å²) in [5.41, 5.74) is -0.943. The molecule has 7 nitrogen and oxygen atoms in total. The molecule has 0 aromatic heterocycles. The van der Waals surface area contributed by atoms with Crippen molar-refractivity contribution in [2.24, 2.45) is 0 Å². The van der Waals surface area contributed by atoms with Gasteiger partial charge in [-0.25, -0.2) is 9.59 Å². The lowest BCUT2D eigenvalue weighted by Gasteiger charge is -2.18. The number of carboxylic acid groups (broad SMARTS) is 1. The molecule has 0 saturated carbocycles. The minimum Gasteiger partial charge on any atom is -0.497 e. The molecule has 0 aliphatic heterocycles. The maximum Gasteiger partial charge on any atom is 0.337 e. The molecule has 0 bridgehead atoms. The van der Waals surface area contributed by atoms with Crippen molar-refractivity contribution in [2.45, 2.75) is 18.9 Å². The lowest BCUT2D eigenvalue weighted by atomic mass is 10.1. The first kappa shape index (κ1) is 16.8. The molecule has 0 heterocycles. The number of urea groups is 1. The number of methoxy groups -OCH3 is 1. The zero-order chi connectivity index (χ0) is 15.9. The normalized spacial score (nSPS) is 13.1. The summed E-state index contributed by atoms with van der Waals surface area (Å²) in [6.07, 6.45) is 0.632. The Bertz CT molecular complexity index is 485. The van der Waals surface area contributed by atoms with Gasteiger partial charge >= 0.3 is 12.0 Å². The summed E-state index contributed by atoms with van der Waals surface area (Å²) in [6, 6.07) is 6.94. The van der Waals surface area contributed by atoms with Gasteiger partial charge < -0.3 is 25.6 Å². The van der Waals surface area contributed by atoms with Gasteiger partial charge in [0.2, 0.25) is 0 Å². The van der Waals surface area contributed by atoms with Crippen LogP contribution in [0.3, 0.4) is 0 Å². The van der Waals surface area contributed by atoms with Crippen LogP contribution in [0.15, 0.2) is 24.3 Å². The molecule has 116 valence electrons. The lowest BCUT2D eigenvalue weighted by molar-refractivity contribution is -0.155. The molecule has 7 heteroatoms. The summed E-state index contributed by atoms with van der Waals surface area (Å²) < 4.78 is 5.04. The average molecular weight is 296 g/mol. The number of rotatable bonds is 7. The highest BCUT2D eigenvalue weighted by Gasteiger charge is 2.30. The monoisotopic (exact) mass is 296 g/mol. The first-order valence-corrected chi connectivity index (χ1v) is 6.45. The third-order valence-corrected chi connectivity index (χ3v) is 2.91. The number of carboxylic acids is 1. The van der Waals surface area contributed by atoms with Crippen LogP contribution in [-0.2, 0) is 11.2 Å². The van der Waals surface area contributed by atoms with Crippen LogP contribution in [0.4, 0.5) is 4.79 Å². The molecule has 4 N–H and O–H groups in total. The molecular formula is C14H20N2O5. The van der Waals surface area contributed by atoms with Crippen LogP contribution in [0.2, 0.25) is 0 Å². The molecule has 0 aliphatic carbocycles. The van der Waals surface area contributed by atoms with Gasteiger partial charge in [-0.3, -0.25) is 0 Å². The summed E-state index contributed by atoms with van der Waals surface area (Å²) >= 11 is 0. The van der Waals surface area contributed by atoms with Crippen molar-refractivity contribution >= 4 is 12.0 Å². The third kappa shape index (κ3) is 5.70. The van der Waals surface area contributed by atoms with Gasteiger partial charge in [-0.05, 0) is 31.0 Å². The van der Waals surface area contributed by atoms with Crippen molar-refractivity contribution in [3.63, 3.8) is 0 Å². The van der Waals surface area contributed by atoms with Crippen molar-refractivity contribution < 1.29 is 24.5 Å². The quantitative estimate of drug-likeness (QED) is 0.581. The number of carbonyl (C=O) groups is 2. The molecule has 1 unspecified atom stereocenters. The van der Waals surface area contributed by atoms with E-state index in [2.05, 4.69) is 10.6 Å². The largest absolute Gasteiger partial charge is 0.497 e. The predicted molar refractivity (Wildman–Crippen MR) is 76.4 cm³/mol. The van der Waals surface area contributed by atoms with E-state index in [1.807, 2.05) is 24.3 Å². The summed E-state index contributed by atoms with van der Waals surface area (Å²) in [6.45, 7) is 1.15. The zero-order valence-electron chi connectivity index (χ0n) is 12.0. The second kappa shape index (κ2) is 7.49. The highest BCUT2D eigenvalue weighted by atomic mass is 16.5. The Morgan fingerprint density at radius 3 is 2.38 bits per heavy atom. The number of aliphatic carboxylic acids is 1. The van der Waals surface area contributed by atoms with Gasteiger partial charge in [0.1, 0.15) is 5.75 Å². The fourth-order valence-corrected chi connectivity index (χ4v) is 1.50. The fraction of sp³-hybridized carbons (Fsp3) is 0.429. The van der Waals surface area contributed by atoms with E-state index >= 15 is 0 Å². The molecular weight excluding hydrogens is 276 g/mol. The Morgan fingerprint density at radius 1 is 1.24 bits per heavy atom. The van der Waals surface area contributed by atoms with Crippen LogP contribution in [0.5, 0.6) is 5.75 Å². The Hall–Kier alpha value is -2.28. The minimum absolute atomic E-state index is 0.364. The van der Waals surface area contributed by atoms with Crippen LogP contribution in [0.1, 0.15) is 12.5 Å². The van der Waals surface area contributed by atoms with Crippen molar-refractivity contribution in [3.8, 4) is 5.75 Å². The molecule has 21 heavy (non-hydrogen) atoms. The van der Waals surface area contributed by atoms with Gasteiger partial charge in [-0.2, -0.15) is 0 Å². The topological polar surface area (TPSA) is 108 Å². The minimum atomic E-state index is -1.98. The Balaban J connectivity index is 2.28. The maximum atomic E-state index is 11.5. The van der Waals surface area contributed by atoms with Gasteiger partial charge in [0.25, 0.3) is 0 Å². The smallest absolute Gasteiger partial charge is 0.337 e. The van der Waals surface area contributed by atoms with Crippen molar-refractivity contribution in [2.75, 3.05) is 20.2 Å². The van der Waals surface area contributed by atoms with Gasteiger partial charge in [0.05, 0.1) is 13.7 Å². The molecule has 1 aromatic carbocycles. The standard InChI is InChI=1S/C14H20N2O5/c1-14(20,12(17)18)9-16-13(19)15-8-7-10-3-5-11(21-2)6-4-10/h3-6,20H,7-9H2,1-2H3,(H,17,18)(H2,15,16,19). The predicted octanol–water partition coefficient (Wildman–Crippen LogP) is 0.373. The number of carbonyl (C=O) groups excluding carboxylic acids is 1. The van der Waals surface area contributed by atoms with E-state index < -0.39 is 17.6 Å². The highest BCUT2D eigenvalue weighted by molar-refractivity contribution is 5.79. The summed E-state index contributed by atoms with van der Waals surface area (Å²) in [4.78, 5) is 22.1. The zero-order valence-corrected chi connectivity index (χ0v) is 12.0. The fourth-order valence-electron chi connectivity index (χ4n) is 1.50. The number of benzene rings is 1. The molecule has 0 fully saturated rings. The number of aliphatic hydroxyl groups is 1. The van der Waals surface area contributed by atoms with Crippen molar-refractivity contribution in [1.82, 2.24) is 10.6 Å². The Labute approximate surface area is 122 Å². The molecule has 1 rings (SSSR count). The number of hydrogen-bond donors (Lipinski definition) is 4. The van der Waals surface area contributed by atoms with Crippen molar-refractivity contribution in [3.05, 3.63) is 29.8 Å². The molecule has 1 aromatic rings. The van der Waals surface area contributed by atoms with Crippen molar-refractivity contribution in [1.29, 1.82) is 0 Å². The van der Waals surface area contributed by atoms with E-state index in [1.54, 1.807) is 7.11 Å². The SMILES string of the molecule is COc1ccc(CCNC(=O)NCC(C)(O)C(=O)O)cc1. The second-order valence-electron chi connectivity index (χ2n) is 4.79. The van der Waals surface area contributed by atoms with E-state index in [4.69, 9.17) is 9.84 Å². The number of nitrogens with one attached hydrogen (secondary N) is 2. The van der Waals surface area contributed by atoms with Gasteiger partial charge in [0.15, 0.2) is 5.60 Å². The summed E-state index contributed by atoms with van der Waals surface area (Å²) in [5.74, 6) is -0.624. The number of amides is 2. The van der Waals surface area contributed by atoms with Gasteiger partial charge in [-0.1, -0.05) is 12.1 Å². The molecule has 1 atom stereocenters. The number of hydrogen-bond acceptors (Lipinski definition) is 4. The lowest BCUT2D eigenvalue weighted by Crippen LogP contribution is -2.49. The molecule has 0 radical (unpaired) electrons. The van der Waals surface area contributed by atoms with Gasteiger partial charge in [0, 0.05) is 6.54 Å². The van der Waals surface area contributed by atoms with Crippen LogP contribution in [0.25, 0.3) is 0 Å². The van der Waals surface area contributed by atoms with Gasteiger partial charge in [-0.15, -0.1) is 0 Å². The first-order valence-electron chi connectivity index (χ1n) is 6.45. The summed E-state index contributed by atoms with van der Waals surface area (Å²) in [5, 5.41) is 23.0. The molecule has 0 saturated heterocycles. The molecule has 0 spiro atoms. The van der Waals surface area contributed by atoms with E-state index in [1.165, 1.54) is 0 Å². The van der Waals surface area contributed by atoms with E-state index in [0.717, 1.165) is 18.2 Å². The van der Waals surface area contributed by atoms with E-state index in [9.17, 15) is 14.7 Å². The first-order chi connectivity index (χ1) is 9.85. The Kier molecular flexibility index (Phi) is 5.98. The third-order valence-electron chi connectivity index (χ3n) is 2.91. The van der Waals surface area contributed by atoms with E-state index in [0.29, 0.717) is 13.0 Å². The van der Waals surface area contributed by atoms with Crippen LogP contribution >= 0.6 is 0 Å². The van der Waals surface area contributed by atoms with E-state index in [-0.39, 0.29) is 6.54 Å². The van der Waals surface area contributed by atoms with Crippen LogP contribution in [0, 0.1) is 0 Å². The summed E-state index contributed by atoms with van der Waals surface area (Å²) in [7, 11) is 1.59. The van der Waals surface area contributed by atoms with Crippen LogP contribution < -0.4 is 15.4 Å². The highest BCUT2D eigenvalue weighted by Crippen LogP contribution is 2.11. The molecule has 0 aliphatic rings. The number of ether oxygens (including phenoxy) is 1. The Morgan fingerprint density at radius 2 is 1.86 bits per heavy atom. The maximum absolute atomic E-state index is 11.5. The second-order valence-corrected chi connectivity index (χ2v) is 4.79.